The van der Waals surface area contributed by atoms with Gasteiger partial charge in [0.25, 0.3) is 0 Å². The number of anilines is 1. The Hall–Kier alpha value is -1.65. The monoisotopic (exact) mass is 346 g/mol. The summed E-state index contributed by atoms with van der Waals surface area (Å²) < 4.78 is 0.898. The number of halogens is 1. The van der Waals surface area contributed by atoms with E-state index < -0.39 is 0 Å². The van der Waals surface area contributed by atoms with Crippen molar-refractivity contribution in [1.82, 2.24) is 5.32 Å². The zero-order chi connectivity index (χ0) is 15.2. The molecule has 0 aliphatic heterocycles. The third-order valence-corrected chi connectivity index (χ3v) is 3.92. The van der Waals surface area contributed by atoms with E-state index in [0.29, 0.717) is 6.54 Å². The summed E-state index contributed by atoms with van der Waals surface area (Å²) in [6, 6.07) is 14.0. The van der Waals surface area contributed by atoms with Crippen LogP contribution in [0.15, 0.2) is 46.9 Å². The van der Waals surface area contributed by atoms with Crippen LogP contribution in [0.1, 0.15) is 16.7 Å². The molecule has 0 unspecified atom stereocenters. The molecular formula is C17H19BrN2O. The summed E-state index contributed by atoms with van der Waals surface area (Å²) in [5.74, 6) is -0.0480. The second kappa shape index (κ2) is 7.38. The third-order valence-electron chi connectivity index (χ3n) is 3.26. The fourth-order valence-corrected chi connectivity index (χ4v) is 2.63. The maximum atomic E-state index is 11.9. The zero-order valence-electron chi connectivity index (χ0n) is 12.2. The highest BCUT2D eigenvalue weighted by atomic mass is 79.9. The minimum Gasteiger partial charge on any atom is -0.324 e. The number of hydrogen-bond donors (Lipinski definition) is 2. The van der Waals surface area contributed by atoms with E-state index in [9.17, 15) is 4.79 Å². The van der Waals surface area contributed by atoms with Crippen molar-refractivity contribution in [3.8, 4) is 0 Å². The summed E-state index contributed by atoms with van der Waals surface area (Å²) in [6.07, 6.45) is 0. The smallest absolute Gasteiger partial charge is 0.238 e. The van der Waals surface area contributed by atoms with Crippen molar-refractivity contribution < 1.29 is 4.79 Å². The molecule has 0 aliphatic carbocycles. The van der Waals surface area contributed by atoms with Crippen LogP contribution in [0.25, 0.3) is 0 Å². The Kier molecular flexibility index (Phi) is 5.53. The molecule has 0 atom stereocenters. The van der Waals surface area contributed by atoms with Gasteiger partial charge in [0.05, 0.1) is 12.2 Å². The number of amides is 1. The molecule has 2 aromatic carbocycles. The van der Waals surface area contributed by atoms with Gasteiger partial charge in [0.15, 0.2) is 0 Å². The van der Waals surface area contributed by atoms with Crippen molar-refractivity contribution in [2.45, 2.75) is 20.4 Å². The highest BCUT2D eigenvalue weighted by Crippen LogP contribution is 2.23. The number of aryl methyl sites for hydroxylation is 2. The van der Waals surface area contributed by atoms with Gasteiger partial charge in [0.2, 0.25) is 5.91 Å². The first-order valence-electron chi connectivity index (χ1n) is 6.87. The van der Waals surface area contributed by atoms with Gasteiger partial charge in [-0.3, -0.25) is 4.79 Å². The Morgan fingerprint density at radius 3 is 2.62 bits per heavy atom. The van der Waals surface area contributed by atoms with E-state index in [0.717, 1.165) is 15.7 Å². The molecule has 0 aromatic heterocycles. The van der Waals surface area contributed by atoms with Gasteiger partial charge < -0.3 is 10.6 Å². The third kappa shape index (κ3) is 4.69. The number of carbonyl (C=O) groups excluding carboxylic acids is 1. The first kappa shape index (κ1) is 15.7. The molecule has 0 heterocycles. The molecule has 0 saturated carbocycles. The summed E-state index contributed by atoms with van der Waals surface area (Å²) in [5.41, 5.74) is 4.38. The number of rotatable bonds is 5. The normalized spacial score (nSPS) is 10.4. The lowest BCUT2D eigenvalue weighted by Crippen LogP contribution is -2.28. The molecule has 0 spiro atoms. The predicted molar refractivity (Wildman–Crippen MR) is 90.4 cm³/mol. The summed E-state index contributed by atoms with van der Waals surface area (Å²) in [5, 5.41) is 6.06. The Morgan fingerprint density at radius 1 is 1.14 bits per heavy atom. The molecule has 1 amide bonds. The van der Waals surface area contributed by atoms with Crippen molar-refractivity contribution in [3.05, 3.63) is 63.6 Å². The van der Waals surface area contributed by atoms with Gasteiger partial charge in [-0.2, -0.15) is 0 Å². The molecule has 0 aliphatic rings. The fraction of sp³-hybridized carbons (Fsp3) is 0.235. The predicted octanol–water partition coefficient (Wildman–Crippen LogP) is 3.79. The number of carbonyl (C=O) groups is 1. The first-order chi connectivity index (χ1) is 10.1. The quantitative estimate of drug-likeness (QED) is 0.864. The van der Waals surface area contributed by atoms with Crippen molar-refractivity contribution in [3.63, 3.8) is 0 Å². The molecule has 0 fully saturated rings. The van der Waals surface area contributed by atoms with Crippen LogP contribution in [-0.4, -0.2) is 12.5 Å². The van der Waals surface area contributed by atoms with Crippen LogP contribution < -0.4 is 10.6 Å². The lowest BCUT2D eigenvalue weighted by atomic mass is 10.1. The van der Waals surface area contributed by atoms with Gasteiger partial charge in [-0.25, -0.2) is 0 Å². The standard InChI is InChI=1S/C17H19BrN2O/c1-12-7-8-16(15(18)9-12)20-17(21)11-19-10-14-6-4-3-5-13(14)2/h3-9,19H,10-11H2,1-2H3,(H,20,21). The minimum absolute atomic E-state index is 0.0480. The van der Waals surface area contributed by atoms with E-state index in [4.69, 9.17) is 0 Å². The number of nitrogens with one attached hydrogen (secondary N) is 2. The Bertz CT molecular complexity index is 640. The Labute approximate surface area is 133 Å². The average Bonchev–Trinajstić information content (AvgIpc) is 2.44. The van der Waals surface area contributed by atoms with Crippen LogP contribution in [0.2, 0.25) is 0 Å². The van der Waals surface area contributed by atoms with Crippen LogP contribution >= 0.6 is 15.9 Å². The number of benzene rings is 2. The highest BCUT2D eigenvalue weighted by Gasteiger charge is 2.05. The van der Waals surface area contributed by atoms with Crippen molar-refractivity contribution in [2.24, 2.45) is 0 Å². The maximum absolute atomic E-state index is 11.9. The van der Waals surface area contributed by atoms with Gasteiger partial charge >= 0.3 is 0 Å². The van der Waals surface area contributed by atoms with E-state index in [1.807, 2.05) is 37.3 Å². The molecule has 21 heavy (non-hydrogen) atoms. The molecule has 0 bridgehead atoms. The first-order valence-corrected chi connectivity index (χ1v) is 7.67. The number of hydrogen-bond acceptors (Lipinski definition) is 2. The Balaban J connectivity index is 1.84. The topological polar surface area (TPSA) is 41.1 Å². The van der Waals surface area contributed by atoms with Gasteiger partial charge in [-0.15, -0.1) is 0 Å². The van der Waals surface area contributed by atoms with E-state index >= 15 is 0 Å². The highest BCUT2D eigenvalue weighted by molar-refractivity contribution is 9.10. The molecule has 2 N–H and O–H groups in total. The molecular weight excluding hydrogens is 328 g/mol. The molecule has 0 radical (unpaired) electrons. The van der Waals surface area contributed by atoms with Crippen LogP contribution in [-0.2, 0) is 11.3 Å². The molecule has 4 heteroatoms. The van der Waals surface area contributed by atoms with Crippen molar-refractivity contribution in [2.75, 3.05) is 11.9 Å². The van der Waals surface area contributed by atoms with E-state index in [2.05, 4.69) is 45.6 Å². The van der Waals surface area contributed by atoms with E-state index in [1.165, 1.54) is 11.1 Å². The Morgan fingerprint density at radius 2 is 1.90 bits per heavy atom. The van der Waals surface area contributed by atoms with Gasteiger partial charge in [0, 0.05) is 11.0 Å². The minimum atomic E-state index is -0.0480. The largest absolute Gasteiger partial charge is 0.324 e. The van der Waals surface area contributed by atoms with Crippen LogP contribution in [0.3, 0.4) is 0 Å². The average molecular weight is 347 g/mol. The van der Waals surface area contributed by atoms with Gasteiger partial charge in [-0.05, 0) is 58.6 Å². The van der Waals surface area contributed by atoms with Crippen LogP contribution in [0, 0.1) is 13.8 Å². The van der Waals surface area contributed by atoms with E-state index in [1.54, 1.807) is 0 Å². The second-order valence-corrected chi connectivity index (χ2v) is 5.92. The molecule has 2 aromatic rings. The van der Waals surface area contributed by atoms with Gasteiger partial charge in [-0.1, -0.05) is 30.3 Å². The summed E-state index contributed by atoms with van der Waals surface area (Å²) >= 11 is 3.45. The zero-order valence-corrected chi connectivity index (χ0v) is 13.8. The maximum Gasteiger partial charge on any atom is 0.238 e. The molecule has 0 saturated heterocycles. The summed E-state index contributed by atoms with van der Waals surface area (Å²) in [7, 11) is 0. The second-order valence-electron chi connectivity index (χ2n) is 5.06. The molecule has 3 nitrogen and oxygen atoms in total. The van der Waals surface area contributed by atoms with E-state index in [-0.39, 0.29) is 12.5 Å². The molecule has 110 valence electrons. The van der Waals surface area contributed by atoms with Crippen molar-refractivity contribution in [1.29, 1.82) is 0 Å². The van der Waals surface area contributed by atoms with Crippen LogP contribution in [0.5, 0.6) is 0 Å². The van der Waals surface area contributed by atoms with Crippen molar-refractivity contribution >= 4 is 27.5 Å². The lowest BCUT2D eigenvalue weighted by Gasteiger charge is -2.10. The summed E-state index contributed by atoms with van der Waals surface area (Å²) in [6.45, 7) is 5.06. The lowest BCUT2D eigenvalue weighted by molar-refractivity contribution is -0.115. The van der Waals surface area contributed by atoms with Crippen LogP contribution in [0.4, 0.5) is 5.69 Å². The SMILES string of the molecule is Cc1ccc(NC(=O)CNCc2ccccc2C)c(Br)c1. The summed E-state index contributed by atoms with van der Waals surface area (Å²) in [4.78, 5) is 11.9. The van der Waals surface area contributed by atoms with Gasteiger partial charge in [0.1, 0.15) is 0 Å². The fourth-order valence-electron chi connectivity index (χ4n) is 2.04. The molecule has 2 rings (SSSR count).